The zero-order valence-electron chi connectivity index (χ0n) is 13.0. The van der Waals surface area contributed by atoms with Gasteiger partial charge in [0.2, 0.25) is 0 Å². The van der Waals surface area contributed by atoms with Crippen molar-refractivity contribution in [3.05, 3.63) is 60.1 Å². The number of nitrogens with one attached hydrogen (secondary N) is 1. The smallest absolute Gasteiger partial charge is 0.416 e. The van der Waals surface area contributed by atoms with Crippen molar-refractivity contribution in [2.45, 2.75) is 19.2 Å². The number of anilines is 1. The number of furan rings is 1. The summed E-state index contributed by atoms with van der Waals surface area (Å²) in [5.74, 6) is -0.982. The molecule has 0 fully saturated rings. The molecule has 0 saturated carbocycles. The molecule has 0 radical (unpaired) electrons. The summed E-state index contributed by atoms with van der Waals surface area (Å²) < 4.78 is 47.3. The van der Waals surface area contributed by atoms with E-state index in [0.717, 1.165) is 30.3 Å². The van der Waals surface area contributed by atoms with Crippen LogP contribution < -0.4 is 5.32 Å². The standard InChI is InChI=1S/C17H14F3NO4/c1-11(25-15(22)9-8-14-3-2-10-24-14)16(23)21-13-6-4-12(5-7-13)17(18,19)20/h2-11H,1H3,(H,21,23)/b9-8+/t11-/m0/s1. The topological polar surface area (TPSA) is 68.5 Å². The van der Waals surface area contributed by atoms with Gasteiger partial charge >= 0.3 is 12.1 Å². The molecule has 1 amide bonds. The Labute approximate surface area is 141 Å². The molecular formula is C17H14F3NO4. The number of ether oxygens (including phenoxy) is 1. The fourth-order valence-electron chi connectivity index (χ4n) is 1.79. The van der Waals surface area contributed by atoms with E-state index in [-0.39, 0.29) is 5.69 Å². The van der Waals surface area contributed by atoms with E-state index in [1.54, 1.807) is 12.1 Å². The van der Waals surface area contributed by atoms with Gasteiger partial charge in [-0.3, -0.25) is 4.79 Å². The third-order valence-corrected chi connectivity index (χ3v) is 3.07. The Kier molecular flexibility index (Phi) is 5.63. The van der Waals surface area contributed by atoms with Crippen LogP contribution in [0.5, 0.6) is 0 Å². The Hall–Kier alpha value is -3.03. The minimum absolute atomic E-state index is 0.159. The minimum atomic E-state index is -4.45. The van der Waals surface area contributed by atoms with Crippen LogP contribution in [0, 0.1) is 0 Å². The van der Waals surface area contributed by atoms with Crippen LogP contribution >= 0.6 is 0 Å². The summed E-state index contributed by atoms with van der Waals surface area (Å²) in [5, 5.41) is 2.37. The van der Waals surface area contributed by atoms with Crippen LogP contribution in [0.4, 0.5) is 18.9 Å². The highest BCUT2D eigenvalue weighted by molar-refractivity contribution is 5.96. The van der Waals surface area contributed by atoms with Crippen LogP contribution in [0.15, 0.2) is 53.2 Å². The van der Waals surface area contributed by atoms with Crippen LogP contribution in [-0.2, 0) is 20.5 Å². The first-order valence-electron chi connectivity index (χ1n) is 7.16. The Bertz CT molecular complexity index is 749. The molecule has 132 valence electrons. The summed E-state index contributed by atoms with van der Waals surface area (Å²) >= 11 is 0. The van der Waals surface area contributed by atoms with Crippen molar-refractivity contribution in [2.24, 2.45) is 0 Å². The third kappa shape index (κ3) is 5.52. The van der Waals surface area contributed by atoms with Gasteiger partial charge in [-0.05, 0) is 49.4 Å². The van der Waals surface area contributed by atoms with Gasteiger partial charge in [0, 0.05) is 11.8 Å². The van der Waals surface area contributed by atoms with Crippen molar-refractivity contribution >= 4 is 23.6 Å². The minimum Gasteiger partial charge on any atom is -0.465 e. The maximum Gasteiger partial charge on any atom is 0.416 e. The fourth-order valence-corrected chi connectivity index (χ4v) is 1.79. The molecule has 0 spiro atoms. The molecular weight excluding hydrogens is 339 g/mol. The zero-order chi connectivity index (χ0) is 18.4. The van der Waals surface area contributed by atoms with E-state index in [1.165, 1.54) is 19.3 Å². The first kappa shape index (κ1) is 18.3. The van der Waals surface area contributed by atoms with Crippen molar-refractivity contribution in [3.8, 4) is 0 Å². The van der Waals surface area contributed by atoms with Crippen LogP contribution in [0.2, 0.25) is 0 Å². The monoisotopic (exact) mass is 353 g/mol. The molecule has 0 bridgehead atoms. The Morgan fingerprint density at radius 3 is 2.44 bits per heavy atom. The predicted octanol–water partition coefficient (Wildman–Crippen LogP) is 3.88. The lowest BCUT2D eigenvalue weighted by Crippen LogP contribution is -2.29. The number of amides is 1. The average molecular weight is 353 g/mol. The number of carbonyl (C=O) groups excluding carboxylic acids is 2. The first-order chi connectivity index (χ1) is 11.8. The van der Waals surface area contributed by atoms with Gasteiger partial charge < -0.3 is 14.5 Å². The summed E-state index contributed by atoms with van der Waals surface area (Å²) in [6, 6.07) is 7.20. The Balaban J connectivity index is 1.88. The molecule has 1 atom stereocenters. The van der Waals surface area contributed by atoms with Gasteiger partial charge in [-0.2, -0.15) is 13.2 Å². The van der Waals surface area contributed by atoms with Gasteiger partial charge in [0.25, 0.3) is 5.91 Å². The number of esters is 1. The summed E-state index contributed by atoms with van der Waals surface area (Å²) in [5.41, 5.74) is -0.667. The number of hydrogen-bond donors (Lipinski definition) is 1. The van der Waals surface area contributed by atoms with E-state index in [2.05, 4.69) is 5.32 Å². The van der Waals surface area contributed by atoms with Crippen molar-refractivity contribution in [1.82, 2.24) is 0 Å². The molecule has 8 heteroatoms. The fraction of sp³-hybridized carbons (Fsp3) is 0.176. The SMILES string of the molecule is C[C@H](OC(=O)/C=C/c1ccco1)C(=O)Nc1ccc(C(F)(F)F)cc1. The van der Waals surface area contributed by atoms with Gasteiger partial charge in [-0.15, -0.1) is 0 Å². The van der Waals surface area contributed by atoms with E-state index in [4.69, 9.17) is 9.15 Å². The third-order valence-electron chi connectivity index (χ3n) is 3.07. The van der Waals surface area contributed by atoms with Crippen LogP contribution in [0.25, 0.3) is 6.08 Å². The summed E-state index contributed by atoms with van der Waals surface area (Å²) in [7, 11) is 0. The van der Waals surface area contributed by atoms with E-state index in [0.29, 0.717) is 5.76 Å². The molecule has 1 N–H and O–H groups in total. The molecule has 0 aliphatic rings. The lowest BCUT2D eigenvalue weighted by Gasteiger charge is -2.13. The molecule has 25 heavy (non-hydrogen) atoms. The zero-order valence-corrected chi connectivity index (χ0v) is 13.0. The van der Waals surface area contributed by atoms with Gasteiger partial charge in [0.05, 0.1) is 11.8 Å². The van der Waals surface area contributed by atoms with E-state index >= 15 is 0 Å². The predicted molar refractivity (Wildman–Crippen MR) is 83.4 cm³/mol. The molecule has 1 aromatic carbocycles. The molecule has 0 aliphatic carbocycles. The van der Waals surface area contributed by atoms with Crippen LogP contribution in [0.1, 0.15) is 18.2 Å². The molecule has 1 aromatic heterocycles. The van der Waals surface area contributed by atoms with Crippen molar-refractivity contribution in [1.29, 1.82) is 0 Å². The van der Waals surface area contributed by atoms with Gasteiger partial charge in [0.1, 0.15) is 5.76 Å². The van der Waals surface area contributed by atoms with E-state index in [9.17, 15) is 22.8 Å². The lowest BCUT2D eigenvalue weighted by atomic mass is 10.2. The quantitative estimate of drug-likeness (QED) is 0.654. The highest BCUT2D eigenvalue weighted by Crippen LogP contribution is 2.29. The molecule has 2 aromatic rings. The first-order valence-corrected chi connectivity index (χ1v) is 7.16. The van der Waals surface area contributed by atoms with Gasteiger partial charge in [-0.25, -0.2) is 4.79 Å². The second-order valence-electron chi connectivity index (χ2n) is 4.99. The maximum absolute atomic E-state index is 12.5. The van der Waals surface area contributed by atoms with Crippen molar-refractivity contribution in [3.63, 3.8) is 0 Å². The summed E-state index contributed by atoms with van der Waals surface area (Å²) in [6.45, 7) is 1.35. The number of hydrogen-bond acceptors (Lipinski definition) is 4. The van der Waals surface area contributed by atoms with Gasteiger partial charge in [0.15, 0.2) is 6.10 Å². The number of benzene rings is 1. The largest absolute Gasteiger partial charge is 0.465 e. The summed E-state index contributed by atoms with van der Waals surface area (Å²) in [6.07, 6.45) is -1.67. The number of halogens is 3. The van der Waals surface area contributed by atoms with Crippen molar-refractivity contribution < 1.29 is 31.9 Å². The van der Waals surface area contributed by atoms with E-state index < -0.39 is 29.7 Å². The highest BCUT2D eigenvalue weighted by Gasteiger charge is 2.30. The second-order valence-corrected chi connectivity index (χ2v) is 4.99. The normalized spacial score (nSPS) is 12.8. The average Bonchev–Trinajstić information content (AvgIpc) is 3.06. The maximum atomic E-state index is 12.5. The molecule has 0 aliphatic heterocycles. The number of alkyl halides is 3. The Morgan fingerprint density at radius 2 is 1.88 bits per heavy atom. The number of carbonyl (C=O) groups is 2. The van der Waals surface area contributed by atoms with Crippen LogP contribution in [0.3, 0.4) is 0 Å². The molecule has 1 heterocycles. The second kappa shape index (κ2) is 7.69. The Morgan fingerprint density at radius 1 is 1.20 bits per heavy atom. The molecule has 0 unspecified atom stereocenters. The molecule has 2 rings (SSSR count). The molecule has 5 nitrogen and oxygen atoms in total. The van der Waals surface area contributed by atoms with Crippen molar-refractivity contribution in [2.75, 3.05) is 5.32 Å². The number of rotatable bonds is 5. The molecule has 0 saturated heterocycles. The highest BCUT2D eigenvalue weighted by atomic mass is 19.4. The van der Waals surface area contributed by atoms with Crippen LogP contribution in [-0.4, -0.2) is 18.0 Å². The van der Waals surface area contributed by atoms with Gasteiger partial charge in [-0.1, -0.05) is 0 Å². The lowest BCUT2D eigenvalue weighted by molar-refractivity contribution is -0.148. The van der Waals surface area contributed by atoms with E-state index in [1.807, 2.05) is 0 Å². The summed E-state index contributed by atoms with van der Waals surface area (Å²) in [4.78, 5) is 23.5.